The molecule has 160 valence electrons. The van der Waals surface area contributed by atoms with Gasteiger partial charge in [-0.05, 0) is 36.8 Å². The number of nitrogens with zero attached hydrogens (tertiary/aromatic N) is 2. The predicted molar refractivity (Wildman–Crippen MR) is 120 cm³/mol. The van der Waals surface area contributed by atoms with Gasteiger partial charge in [0, 0.05) is 30.6 Å². The van der Waals surface area contributed by atoms with Gasteiger partial charge in [-0.15, -0.1) is 0 Å². The number of amides is 1. The lowest BCUT2D eigenvalue weighted by Crippen LogP contribution is -2.19. The average Bonchev–Trinajstić information content (AvgIpc) is 2.78. The van der Waals surface area contributed by atoms with E-state index in [0.29, 0.717) is 23.7 Å². The van der Waals surface area contributed by atoms with Gasteiger partial charge in [-0.2, -0.15) is 0 Å². The molecule has 2 aromatic carbocycles. The molecule has 0 unspecified atom stereocenters. The van der Waals surface area contributed by atoms with Gasteiger partial charge in [0.05, 0.1) is 19.9 Å². The first-order chi connectivity index (χ1) is 15.1. The van der Waals surface area contributed by atoms with Gasteiger partial charge in [-0.3, -0.25) is 9.78 Å². The Hall–Kier alpha value is -3.71. The molecule has 0 saturated carbocycles. The van der Waals surface area contributed by atoms with Gasteiger partial charge in [0.15, 0.2) is 5.82 Å². The zero-order valence-corrected chi connectivity index (χ0v) is 17.7. The SMILES string of the molecule is COC[C@H](C)Oc1cc(C=Cc2ccccc2OC)cc(C(=O)Nc2cnccn2)c1. The van der Waals surface area contributed by atoms with Crippen molar-refractivity contribution in [1.29, 1.82) is 0 Å². The molecule has 0 saturated heterocycles. The van der Waals surface area contributed by atoms with Crippen LogP contribution in [-0.4, -0.2) is 42.8 Å². The largest absolute Gasteiger partial charge is 0.496 e. The van der Waals surface area contributed by atoms with Gasteiger partial charge in [-0.1, -0.05) is 30.4 Å². The van der Waals surface area contributed by atoms with E-state index in [9.17, 15) is 4.79 Å². The van der Waals surface area contributed by atoms with Crippen molar-refractivity contribution in [3.05, 3.63) is 77.7 Å². The van der Waals surface area contributed by atoms with Crippen molar-refractivity contribution in [3.8, 4) is 11.5 Å². The van der Waals surface area contributed by atoms with Gasteiger partial charge >= 0.3 is 0 Å². The van der Waals surface area contributed by atoms with Crippen LogP contribution in [-0.2, 0) is 4.74 Å². The third-order valence-corrected chi connectivity index (χ3v) is 4.33. The van der Waals surface area contributed by atoms with Crippen LogP contribution in [0.2, 0.25) is 0 Å². The van der Waals surface area contributed by atoms with Crippen LogP contribution in [0.5, 0.6) is 11.5 Å². The maximum absolute atomic E-state index is 12.8. The topological polar surface area (TPSA) is 82.6 Å². The highest BCUT2D eigenvalue weighted by molar-refractivity contribution is 6.04. The minimum Gasteiger partial charge on any atom is -0.496 e. The molecule has 0 fully saturated rings. The fourth-order valence-electron chi connectivity index (χ4n) is 2.96. The Bertz CT molecular complexity index is 1040. The number of hydrogen-bond acceptors (Lipinski definition) is 6. The van der Waals surface area contributed by atoms with Crippen molar-refractivity contribution in [2.45, 2.75) is 13.0 Å². The lowest BCUT2D eigenvalue weighted by atomic mass is 10.1. The van der Waals surface area contributed by atoms with Crippen LogP contribution >= 0.6 is 0 Å². The van der Waals surface area contributed by atoms with Crippen molar-refractivity contribution in [1.82, 2.24) is 9.97 Å². The predicted octanol–water partition coefficient (Wildman–Crippen LogP) is 4.32. The zero-order valence-electron chi connectivity index (χ0n) is 17.7. The molecule has 7 nitrogen and oxygen atoms in total. The van der Waals surface area contributed by atoms with Crippen LogP contribution in [0.25, 0.3) is 12.2 Å². The van der Waals surface area contributed by atoms with Gasteiger partial charge in [0.2, 0.25) is 0 Å². The fourth-order valence-corrected chi connectivity index (χ4v) is 2.96. The van der Waals surface area contributed by atoms with E-state index in [1.807, 2.05) is 49.4 Å². The quantitative estimate of drug-likeness (QED) is 0.520. The Labute approximate surface area is 181 Å². The Morgan fingerprint density at radius 1 is 1.13 bits per heavy atom. The number of carbonyl (C=O) groups excluding carboxylic acids is 1. The third-order valence-electron chi connectivity index (χ3n) is 4.33. The molecule has 7 heteroatoms. The molecule has 1 aromatic heterocycles. The summed E-state index contributed by atoms with van der Waals surface area (Å²) in [5.41, 5.74) is 2.17. The first-order valence-electron chi connectivity index (χ1n) is 9.78. The number of methoxy groups -OCH3 is 2. The molecule has 0 bridgehead atoms. The van der Waals surface area contributed by atoms with Gasteiger partial charge in [0.25, 0.3) is 5.91 Å². The first-order valence-corrected chi connectivity index (χ1v) is 9.78. The number of benzene rings is 2. The standard InChI is InChI=1S/C24H25N3O4/c1-17(16-29-2)31-21-13-18(8-9-19-6-4-5-7-22(19)30-3)12-20(14-21)24(28)27-23-15-25-10-11-26-23/h4-15,17H,16H2,1-3H3,(H,26,27,28)/t17-/m0/s1. The average molecular weight is 419 g/mol. The monoisotopic (exact) mass is 419 g/mol. The molecule has 0 spiro atoms. The Morgan fingerprint density at radius 2 is 1.97 bits per heavy atom. The molecular weight excluding hydrogens is 394 g/mol. The summed E-state index contributed by atoms with van der Waals surface area (Å²) in [4.78, 5) is 20.9. The van der Waals surface area contributed by atoms with Crippen molar-refractivity contribution in [2.75, 3.05) is 26.1 Å². The Kier molecular flexibility index (Phi) is 7.73. The van der Waals surface area contributed by atoms with Crippen LogP contribution in [0, 0.1) is 0 Å². The Morgan fingerprint density at radius 3 is 2.71 bits per heavy atom. The van der Waals surface area contributed by atoms with Crippen molar-refractivity contribution < 1.29 is 19.0 Å². The molecular formula is C24H25N3O4. The molecule has 0 aliphatic carbocycles. The molecule has 1 atom stereocenters. The molecule has 1 amide bonds. The summed E-state index contributed by atoms with van der Waals surface area (Å²) in [6, 6.07) is 13.1. The number of carbonyl (C=O) groups is 1. The summed E-state index contributed by atoms with van der Waals surface area (Å²) < 4.78 is 16.5. The molecule has 3 rings (SSSR count). The highest BCUT2D eigenvalue weighted by Gasteiger charge is 2.12. The second-order valence-electron chi connectivity index (χ2n) is 6.79. The number of hydrogen-bond donors (Lipinski definition) is 1. The maximum atomic E-state index is 12.8. The van der Waals surface area contributed by atoms with E-state index >= 15 is 0 Å². The fraction of sp³-hybridized carbons (Fsp3) is 0.208. The number of ether oxygens (including phenoxy) is 3. The minimum absolute atomic E-state index is 0.172. The second kappa shape index (κ2) is 10.9. The van der Waals surface area contributed by atoms with Crippen LogP contribution in [0.1, 0.15) is 28.4 Å². The van der Waals surface area contributed by atoms with Gasteiger partial charge in [0.1, 0.15) is 17.6 Å². The van der Waals surface area contributed by atoms with Crippen LogP contribution in [0.15, 0.2) is 61.1 Å². The molecule has 0 aliphatic heterocycles. The van der Waals surface area contributed by atoms with E-state index in [0.717, 1.165) is 16.9 Å². The summed E-state index contributed by atoms with van der Waals surface area (Å²) >= 11 is 0. The number of nitrogens with one attached hydrogen (secondary N) is 1. The van der Waals surface area contributed by atoms with E-state index < -0.39 is 0 Å². The van der Waals surface area contributed by atoms with Crippen LogP contribution in [0.4, 0.5) is 5.82 Å². The summed E-state index contributed by atoms with van der Waals surface area (Å²) in [5.74, 6) is 1.39. The lowest BCUT2D eigenvalue weighted by Gasteiger charge is -2.15. The van der Waals surface area contributed by atoms with Crippen molar-refractivity contribution in [2.24, 2.45) is 0 Å². The molecule has 31 heavy (non-hydrogen) atoms. The zero-order chi connectivity index (χ0) is 22.1. The number of para-hydroxylation sites is 1. The smallest absolute Gasteiger partial charge is 0.257 e. The Balaban J connectivity index is 1.90. The number of anilines is 1. The molecule has 3 aromatic rings. The number of aromatic nitrogens is 2. The maximum Gasteiger partial charge on any atom is 0.257 e. The van der Waals surface area contributed by atoms with E-state index in [1.54, 1.807) is 32.5 Å². The normalized spacial score (nSPS) is 11.8. The minimum atomic E-state index is -0.308. The highest BCUT2D eigenvalue weighted by Crippen LogP contribution is 2.24. The van der Waals surface area contributed by atoms with E-state index in [-0.39, 0.29) is 12.0 Å². The molecule has 1 heterocycles. The van der Waals surface area contributed by atoms with Crippen LogP contribution in [0.3, 0.4) is 0 Å². The van der Waals surface area contributed by atoms with Gasteiger partial charge in [-0.25, -0.2) is 4.98 Å². The van der Waals surface area contributed by atoms with Crippen molar-refractivity contribution >= 4 is 23.9 Å². The summed E-state index contributed by atoms with van der Waals surface area (Å²) in [5, 5.41) is 2.75. The highest BCUT2D eigenvalue weighted by atomic mass is 16.5. The van der Waals surface area contributed by atoms with Gasteiger partial charge < -0.3 is 19.5 Å². The van der Waals surface area contributed by atoms with E-state index in [2.05, 4.69) is 15.3 Å². The molecule has 0 radical (unpaired) electrons. The second-order valence-corrected chi connectivity index (χ2v) is 6.79. The van der Waals surface area contributed by atoms with E-state index in [4.69, 9.17) is 14.2 Å². The third kappa shape index (κ3) is 6.38. The summed E-state index contributed by atoms with van der Waals surface area (Å²) in [6.07, 6.45) is 8.22. The summed E-state index contributed by atoms with van der Waals surface area (Å²) in [7, 11) is 3.25. The number of rotatable bonds is 9. The lowest BCUT2D eigenvalue weighted by molar-refractivity contribution is 0.0917. The van der Waals surface area contributed by atoms with Crippen LogP contribution < -0.4 is 14.8 Å². The molecule has 0 aliphatic rings. The first kappa shape index (κ1) is 22.0. The van der Waals surface area contributed by atoms with E-state index in [1.165, 1.54) is 12.4 Å². The summed E-state index contributed by atoms with van der Waals surface area (Å²) in [6.45, 7) is 2.34. The molecule has 1 N–H and O–H groups in total. The van der Waals surface area contributed by atoms with Crippen molar-refractivity contribution in [3.63, 3.8) is 0 Å².